The lowest BCUT2D eigenvalue weighted by Gasteiger charge is -2.31. The molecule has 1 aliphatic rings. The first-order chi connectivity index (χ1) is 14.0. The maximum absolute atomic E-state index is 12.8. The monoisotopic (exact) mass is 423 g/mol. The summed E-state index contributed by atoms with van der Waals surface area (Å²) in [7, 11) is 1.85. The van der Waals surface area contributed by atoms with Crippen LogP contribution in [0.15, 0.2) is 18.2 Å². The number of rotatable bonds is 10. The van der Waals surface area contributed by atoms with Gasteiger partial charge in [0, 0.05) is 38.5 Å². The topological polar surface area (TPSA) is 70.7 Å². The molecule has 0 radical (unpaired) electrons. The van der Waals surface area contributed by atoms with E-state index in [9.17, 15) is 9.59 Å². The Bertz CT molecular complexity index is 663. The fourth-order valence-electron chi connectivity index (χ4n) is 3.49. The Balaban J connectivity index is 1.79. The molecule has 3 amide bonds. The molecule has 0 aromatic heterocycles. The third-order valence-electron chi connectivity index (χ3n) is 5.29. The molecule has 7 heteroatoms. The van der Waals surface area contributed by atoms with Crippen LogP contribution in [0.25, 0.3) is 0 Å². The van der Waals surface area contributed by atoms with E-state index in [2.05, 4.69) is 17.6 Å². The van der Waals surface area contributed by atoms with Crippen molar-refractivity contribution >= 4 is 29.2 Å². The van der Waals surface area contributed by atoms with Crippen LogP contribution in [-0.4, -0.2) is 49.7 Å². The summed E-state index contributed by atoms with van der Waals surface area (Å²) in [6.07, 6.45) is 8.60. The molecule has 2 rings (SSSR count). The van der Waals surface area contributed by atoms with E-state index in [-0.39, 0.29) is 18.0 Å². The zero-order valence-electron chi connectivity index (χ0n) is 17.6. The number of urea groups is 1. The number of hydrogen-bond donors (Lipinski definition) is 2. The minimum Gasteiger partial charge on any atom is -0.381 e. The molecule has 0 bridgehead atoms. The first kappa shape index (κ1) is 23.5. The van der Waals surface area contributed by atoms with Crippen molar-refractivity contribution < 1.29 is 14.3 Å². The smallest absolute Gasteiger partial charge is 0.319 e. The van der Waals surface area contributed by atoms with E-state index in [1.165, 1.54) is 19.3 Å². The van der Waals surface area contributed by atoms with Crippen molar-refractivity contribution in [2.24, 2.45) is 0 Å². The van der Waals surface area contributed by atoms with Crippen LogP contribution in [0.2, 0.25) is 5.02 Å². The molecule has 0 unspecified atom stereocenters. The minimum absolute atomic E-state index is 0.0685. The summed E-state index contributed by atoms with van der Waals surface area (Å²) in [6, 6.07) is 4.99. The quantitative estimate of drug-likeness (QED) is 0.516. The van der Waals surface area contributed by atoms with Gasteiger partial charge in [-0.3, -0.25) is 4.79 Å². The standard InChI is InChI=1S/C22H34ClN3O3/c1-3-4-14-29-15-8-13-24-22(28)25-17-11-12-19(20(23)16-17)21(27)26(2)18-9-6-5-7-10-18/h11-12,16,18H,3-10,13-15H2,1-2H3,(H2,24,25,28). The maximum Gasteiger partial charge on any atom is 0.319 e. The first-order valence-electron chi connectivity index (χ1n) is 10.7. The van der Waals surface area contributed by atoms with Gasteiger partial charge in [-0.25, -0.2) is 4.79 Å². The molecule has 2 N–H and O–H groups in total. The van der Waals surface area contributed by atoms with E-state index in [0.717, 1.165) is 38.7 Å². The van der Waals surface area contributed by atoms with Crippen molar-refractivity contribution in [2.75, 3.05) is 32.1 Å². The van der Waals surface area contributed by atoms with E-state index in [1.807, 2.05) is 11.9 Å². The molecule has 0 saturated heterocycles. The van der Waals surface area contributed by atoms with Crippen LogP contribution in [-0.2, 0) is 4.74 Å². The Hall–Kier alpha value is -1.79. The summed E-state index contributed by atoms with van der Waals surface area (Å²) in [5.74, 6) is -0.0685. The zero-order chi connectivity index (χ0) is 21.1. The molecule has 1 aromatic rings. The van der Waals surface area contributed by atoms with Gasteiger partial charge in [0.25, 0.3) is 5.91 Å². The highest BCUT2D eigenvalue weighted by Gasteiger charge is 2.24. The number of benzene rings is 1. The predicted octanol–water partition coefficient (Wildman–Crippen LogP) is 5.07. The Morgan fingerprint density at radius 2 is 1.90 bits per heavy atom. The van der Waals surface area contributed by atoms with E-state index in [4.69, 9.17) is 16.3 Å². The number of hydrogen-bond acceptors (Lipinski definition) is 3. The number of carbonyl (C=O) groups excluding carboxylic acids is 2. The summed E-state index contributed by atoms with van der Waals surface area (Å²) >= 11 is 6.34. The maximum atomic E-state index is 12.8. The molecule has 6 nitrogen and oxygen atoms in total. The average molecular weight is 424 g/mol. The van der Waals surface area contributed by atoms with Gasteiger partial charge in [-0.15, -0.1) is 0 Å². The second kappa shape index (κ2) is 12.7. The molecule has 0 aliphatic heterocycles. The molecule has 0 spiro atoms. The van der Waals surface area contributed by atoms with Gasteiger partial charge in [-0.1, -0.05) is 44.2 Å². The summed E-state index contributed by atoms with van der Waals surface area (Å²) in [5, 5.41) is 5.89. The van der Waals surface area contributed by atoms with Crippen molar-refractivity contribution in [1.82, 2.24) is 10.2 Å². The number of halogens is 1. The second-order valence-electron chi connectivity index (χ2n) is 7.60. The predicted molar refractivity (Wildman–Crippen MR) is 118 cm³/mol. The van der Waals surface area contributed by atoms with Gasteiger partial charge in [-0.2, -0.15) is 0 Å². The van der Waals surface area contributed by atoms with E-state index >= 15 is 0 Å². The van der Waals surface area contributed by atoms with Crippen LogP contribution in [0.1, 0.15) is 68.6 Å². The van der Waals surface area contributed by atoms with Gasteiger partial charge in [0.15, 0.2) is 0 Å². The van der Waals surface area contributed by atoms with Crippen LogP contribution >= 0.6 is 11.6 Å². The molecule has 0 heterocycles. The normalized spacial score (nSPS) is 14.4. The van der Waals surface area contributed by atoms with Crippen molar-refractivity contribution in [3.8, 4) is 0 Å². The molecule has 1 aliphatic carbocycles. The summed E-state index contributed by atoms with van der Waals surface area (Å²) < 4.78 is 5.46. The SMILES string of the molecule is CCCCOCCCNC(=O)Nc1ccc(C(=O)N(C)C2CCCCC2)c(Cl)c1. The van der Waals surface area contributed by atoms with Gasteiger partial charge in [-0.05, 0) is 43.9 Å². The molecule has 1 aromatic carbocycles. The molecule has 29 heavy (non-hydrogen) atoms. The number of nitrogens with zero attached hydrogens (tertiary/aromatic N) is 1. The second-order valence-corrected chi connectivity index (χ2v) is 8.01. The number of nitrogens with one attached hydrogen (secondary N) is 2. The van der Waals surface area contributed by atoms with Crippen LogP contribution in [0.4, 0.5) is 10.5 Å². The van der Waals surface area contributed by atoms with Crippen molar-refractivity contribution in [2.45, 2.75) is 64.3 Å². The fraction of sp³-hybridized carbons (Fsp3) is 0.636. The lowest BCUT2D eigenvalue weighted by atomic mass is 9.94. The lowest BCUT2D eigenvalue weighted by Crippen LogP contribution is -2.38. The van der Waals surface area contributed by atoms with Crippen LogP contribution < -0.4 is 10.6 Å². The van der Waals surface area contributed by atoms with Gasteiger partial charge in [0.1, 0.15) is 0 Å². The van der Waals surface area contributed by atoms with Crippen LogP contribution in [0.3, 0.4) is 0 Å². The van der Waals surface area contributed by atoms with Gasteiger partial charge >= 0.3 is 6.03 Å². The number of carbonyl (C=O) groups is 2. The van der Waals surface area contributed by atoms with E-state index < -0.39 is 0 Å². The summed E-state index contributed by atoms with van der Waals surface area (Å²) in [6.45, 7) is 4.06. The Morgan fingerprint density at radius 3 is 2.59 bits per heavy atom. The molecule has 1 saturated carbocycles. The first-order valence-corrected chi connectivity index (χ1v) is 11.1. The molecular weight excluding hydrogens is 390 g/mol. The molecule has 162 valence electrons. The minimum atomic E-state index is -0.298. The number of anilines is 1. The number of unbranched alkanes of at least 4 members (excludes halogenated alkanes) is 1. The van der Waals surface area contributed by atoms with Gasteiger partial charge < -0.3 is 20.3 Å². The highest BCUT2D eigenvalue weighted by molar-refractivity contribution is 6.34. The highest BCUT2D eigenvalue weighted by Crippen LogP contribution is 2.26. The van der Waals surface area contributed by atoms with E-state index in [0.29, 0.717) is 29.4 Å². The number of amides is 3. The fourth-order valence-corrected chi connectivity index (χ4v) is 3.75. The van der Waals surface area contributed by atoms with Gasteiger partial charge in [0.05, 0.1) is 10.6 Å². The molecule has 1 fully saturated rings. The summed E-state index contributed by atoms with van der Waals surface area (Å²) in [5.41, 5.74) is 1.03. The Labute approximate surface area is 179 Å². The van der Waals surface area contributed by atoms with Crippen molar-refractivity contribution in [3.05, 3.63) is 28.8 Å². The molecule has 0 atom stereocenters. The van der Waals surface area contributed by atoms with Crippen molar-refractivity contribution in [1.29, 1.82) is 0 Å². The Kier molecular flexibility index (Phi) is 10.3. The summed E-state index contributed by atoms with van der Waals surface area (Å²) in [4.78, 5) is 26.6. The van der Waals surface area contributed by atoms with E-state index in [1.54, 1.807) is 18.2 Å². The van der Waals surface area contributed by atoms with Gasteiger partial charge in [0.2, 0.25) is 0 Å². The van der Waals surface area contributed by atoms with Crippen molar-refractivity contribution in [3.63, 3.8) is 0 Å². The van der Waals surface area contributed by atoms with Crippen LogP contribution in [0.5, 0.6) is 0 Å². The average Bonchev–Trinajstić information content (AvgIpc) is 2.73. The third kappa shape index (κ3) is 7.86. The highest BCUT2D eigenvalue weighted by atomic mass is 35.5. The van der Waals surface area contributed by atoms with Crippen LogP contribution in [0, 0.1) is 0 Å². The Morgan fingerprint density at radius 1 is 1.17 bits per heavy atom. The largest absolute Gasteiger partial charge is 0.381 e. The molecular formula is C22H34ClN3O3. The lowest BCUT2D eigenvalue weighted by molar-refractivity contribution is 0.0696. The zero-order valence-corrected chi connectivity index (χ0v) is 18.4. The third-order valence-corrected chi connectivity index (χ3v) is 5.61. The number of ether oxygens (including phenoxy) is 1.